The van der Waals surface area contributed by atoms with Gasteiger partial charge in [-0.25, -0.2) is 0 Å². The van der Waals surface area contributed by atoms with Crippen molar-refractivity contribution in [3.05, 3.63) is 64.1 Å². The molecule has 0 aromatic heterocycles. The number of hydrogen-bond acceptors (Lipinski definition) is 5. The number of ether oxygens (including phenoxy) is 1. The molecule has 2 aliphatic rings. The summed E-state index contributed by atoms with van der Waals surface area (Å²) < 4.78 is 5.70. The third kappa shape index (κ3) is 4.54. The van der Waals surface area contributed by atoms with Crippen LogP contribution in [0.2, 0.25) is 0 Å². The Labute approximate surface area is 181 Å². The van der Waals surface area contributed by atoms with Gasteiger partial charge in [-0.2, -0.15) is 0 Å². The van der Waals surface area contributed by atoms with Crippen LogP contribution in [0, 0.1) is 13.8 Å². The van der Waals surface area contributed by atoms with Gasteiger partial charge in [-0.05, 0) is 85.5 Å². The Hall–Kier alpha value is -2.73. The van der Waals surface area contributed by atoms with Crippen LogP contribution in [0.25, 0.3) is 6.08 Å². The van der Waals surface area contributed by atoms with Crippen LogP contribution in [-0.4, -0.2) is 42.3 Å². The van der Waals surface area contributed by atoms with E-state index in [0.29, 0.717) is 4.91 Å². The molecule has 0 spiro atoms. The Balaban J connectivity index is 1.41. The van der Waals surface area contributed by atoms with Crippen molar-refractivity contribution < 1.29 is 14.3 Å². The normalized spacial score (nSPS) is 18.0. The minimum Gasteiger partial charge on any atom is -0.492 e. The van der Waals surface area contributed by atoms with E-state index in [1.807, 2.05) is 50.3 Å². The highest BCUT2D eigenvalue weighted by molar-refractivity contribution is 8.18. The Morgan fingerprint density at radius 2 is 1.87 bits per heavy atom. The molecule has 30 heavy (non-hydrogen) atoms. The molecule has 156 valence electrons. The Morgan fingerprint density at radius 3 is 2.60 bits per heavy atom. The van der Waals surface area contributed by atoms with E-state index in [0.717, 1.165) is 47.3 Å². The highest BCUT2D eigenvalue weighted by Gasteiger charge is 2.34. The number of amides is 2. The summed E-state index contributed by atoms with van der Waals surface area (Å²) in [5, 5.41) is -0.245. The minimum atomic E-state index is -0.249. The first-order chi connectivity index (χ1) is 14.5. The van der Waals surface area contributed by atoms with E-state index in [-0.39, 0.29) is 24.3 Å². The van der Waals surface area contributed by atoms with E-state index in [1.54, 1.807) is 0 Å². The number of imide groups is 1. The van der Waals surface area contributed by atoms with Crippen LogP contribution in [0.5, 0.6) is 5.75 Å². The molecule has 6 heteroatoms. The molecule has 0 saturated carbocycles. The zero-order valence-corrected chi connectivity index (χ0v) is 18.2. The van der Waals surface area contributed by atoms with Crippen molar-refractivity contribution in [2.45, 2.75) is 26.7 Å². The summed E-state index contributed by atoms with van der Waals surface area (Å²) in [4.78, 5) is 29.2. The summed E-state index contributed by atoms with van der Waals surface area (Å²) in [5.74, 6) is 0.493. The second-order valence-corrected chi connectivity index (χ2v) is 8.73. The van der Waals surface area contributed by atoms with Gasteiger partial charge in [0, 0.05) is 18.8 Å². The molecule has 0 N–H and O–H groups in total. The first kappa shape index (κ1) is 20.5. The van der Waals surface area contributed by atoms with Crippen molar-refractivity contribution in [1.29, 1.82) is 0 Å². The lowest BCUT2D eigenvalue weighted by atomic mass is 10.1. The van der Waals surface area contributed by atoms with Crippen molar-refractivity contribution in [3.8, 4) is 5.75 Å². The van der Waals surface area contributed by atoms with Gasteiger partial charge in [-0.3, -0.25) is 14.5 Å². The molecule has 2 aromatic carbocycles. The number of carbonyl (C=O) groups is 2. The summed E-state index contributed by atoms with van der Waals surface area (Å²) >= 11 is 0.996. The van der Waals surface area contributed by atoms with Gasteiger partial charge < -0.3 is 9.64 Å². The Morgan fingerprint density at radius 1 is 1.07 bits per heavy atom. The standard InChI is InChI=1S/C24H26N2O3S/c1-17-6-5-7-21(14-17)29-13-12-26-23(27)22(30-24(26)28)16-19-8-9-20(15-18(19)2)25-10-3-4-11-25/h5-9,14-16H,3-4,10-13H2,1-2H3/b22-16-. The van der Waals surface area contributed by atoms with Gasteiger partial charge >= 0.3 is 0 Å². The molecule has 4 rings (SSSR count). The van der Waals surface area contributed by atoms with E-state index in [4.69, 9.17) is 4.74 Å². The van der Waals surface area contributed by atoms with Crippen molar-refractivity contribution in [2.75, 3.05) is 31.1 Å². The summed E-state index contributed by atoms with van der Waals surface area (Å²) in [6, 6.07) is 14.0. The predicted octanol–water partition coefficient (Wildman–Crippen LogP) is 5.02. The molecule has 2 aromatic rings. The third-order valence-corrected chi connectivity index (χ3v) is 6.37. The predicted molar refractivity (Wildman–Crippen MR) is 122 cm³/mol. The van der Waals surface area contributed by atoms with Crippen LogP contribution in [0.3, 0.4) is 0 Å². The van der Waals surface area contributed by atoms with Gasteiger partial charge in [-0.1, -0.05) is 18.2 Å². The first-order valence-electron chi connectivity index (χ1n) is 10.3. The zero-order valence-electron chi connectivity index (χ0n) is 17.4. The second kappa shape index (κ2) is 8.96. The molecule has 0 atom stereocenters. The van der Waals surface area contributed by atoms with Crippen LogP contribution in [0.4, 0.5) is 10.5 Å². The molecule has 0 aliphatic carbocycles. The molecule has 0 bridgehead atoms. The van der Waals surface area contributed by atoms with Gasteiger partial charge in [-0.15, -0.1) is 0 Å². The average Bonchev–Trinajstić information content (AvgIpc) is 3.34. The van der Waals surface area contributed by atoms with Crippen LogP contribution in [0.15, 0.2) is 47.4 Å². The molecule has 5 nitrogen and oxygen atoms in total. The monoisotopic (exact) mass is 422 g/mol. The van der Waals surface area contributed by atoms with Gasteiger partial charge in [0.2, 0.25) is 0 Å². The molecule has 2 saturated heterocycles. The van der Waals surface area contributed by atoms with Crippen molar-refractivity contribution in [1.82, 2.24) is 4.90 Å². The lowest BCUT2D eigenvalue weighted by Crippen LogP contribution is -2.32. The van der Waals surface area contributed by atoms with Gasteiger partial charge in [0.1, 0.15) is 12.4 Å². The molecule has 2 heterocycles. The summed E-state index contributed by atoms with van der Waals surface area (Å²) in [6.45, 7) is 6.75. The SMILES string of the molecule is Cc1cccc(OCCN2C(=O)S/C(=C\c3ccc(N4CCCC4)cc3C)C2=O)c1. The number of aryl methyl sites for hydroxylation is 2. The summed E-state index contributed by atoms with van der Waals surface area (Å²) in [7, 11) is 0. The summed E-state index contributed by atoms with van der Waals surface area (Å²) in [5.41, 5.74) is 4.41. The lowest BCUT2D eigenvalue weighted by Gasteiger charge is -2.18. The second-order valence-electron chi connectivity index (χ2n) is 7.73. The number of carbonyl (C=O) groups excluding carboxylic acids is 2. The van der Waals surface area contributed by atoms with E-state index < -0.39 is 0 Å². The van der Waals surface area contributed by atoms with Crippen LogP contribution in [-0.2, 0) is 4.79 Å². The quantitative estimate of drug-likeness (QED) is 0.612. The number of anilines is 1. The van der Waals surface area contributed by atoms with E-state index in [9.17, 15) is 9.59 Å². The molecule has 2 aliphatic heterocycles. The number of nitrogens with zero attached hydrogens (tertiary/aromatic N) is 2. The number of hydrogen-bond donors (Lipinski definition) is 0. The molecule has 0 radical (unpaired) electrons. The Bertz CT molecular complexity index is 996. The highest BCUT2D eigenvalue weighted by atomic mass is 32.2. The van der Waals surface area contributed by atoms with E-state index in [2.05, 4.69) is 17.0 Å². The Kier molecular flexibility index (Phi) is 6.13. The van der Waals surface area contributed by atoms with E-state index >= 15 is 0 Å². The van der Waals surface area contributed by atoms with Crippen LogP contribution < -0.4 is 9.64 Å². The highest BCUT2D eigenvalue weighted by Crippen LogP contribution is 2.33. The summed E-state index contributed by atoms with van der Waals surface area (Å²) in [6.07, 6.45) is 4.30. The average molecular weight is 423 g/mol. The van der Waals surface area contributed by atoms with Crippen LogP contribution >= 0.6 is 11.8 Å². The maximum atomic E-state index is 12.8. The van der Waals surface area contributed by atoms with E-state index in [1.165, 1.54) is 23.4 Å². The molecule has 2 amide bonds. The fourth-order valence-electron chi connectivity index (χ4n) is 3.79. The zero-order chi connectivity index (χ0) is 21.1. The van der Waals surface area contributed by atoms with Gasteiger partial charge in [0.05, 0.1) is 11.4 Å². The largest absolute Gasteiger partial charge is 0.492 e. The fourth-order valence-corrected chi connectivity index (χ4v) is 4.64. The van der Waals surface area contributed by atoms with Gasteiger partial charge in [0.25, 0.3) is 11.1 Å². The molecular formula is C24H26N2O3S. The fraction of sp³-hybridized carbons (Fsp3) is 0.333. The minimum absolute atomic E-state index is 0.239. The molecule has 0 unspecified atom stereocenters. The van der Waals surface area contributed by atoms with Crippen molar-refractivity contribution >= 4 is 34.7 Å². The van der Waals surface area contributed by atoms with Gasteiger partial charge in [0.15, 0.2) is 0 Å². The smallest absolute Gasteiger partial charge is 0.293 e. The van der Waals surface area contributed by atoms with Crippen molar-refractivity contribution in [2.24, 2.45) is 0 Å². The maximum absolute atomic E-state index is 12.8. The number of thioether (sulfide) groups is 1. The lowest BCUT2D eigenvalue weighted by molar-refractivity contribution is -0.123. The maximum Gasteiger partial charge on any atom is 0.293 e. The third-order valence-electron chi connectivity index (χ3n) is 5.46. The number of rotatable bonds is 6. The first-order valence-corrected chi connectivity index (χ1v) is 11.1. The molecular weight excluding hydrogens is 396 g/mol. The van der Waals surface area contributed by atoms with Crippen molar-refractivity contribution in [3.63, 3.8) is 0 Å². The van der Waals surface area contributed by atoms with Crippen LogP contribution in [0.1, 0.15) is 29.5 Å². The molecule has 2 fully saturated rings. The topological polar surface area (TPSA) is 49.9 Å². The number of benzene rings is 2.